The highest BCUT2D eigenvalue weighted by Crippen LogP contribution is 2.40. The van der Waals surface area contributed by atoms with Gasteiger partial charge in [-0.2, -0.15) is 10.5 Å². The number of amides is 1. The lowest BCUT2D eigenvalue weighted by atomic mass is 10.1. The van der Waals surface area contributed by atoms with Gasteiger partial charge in [-0.05, 0) is 6.07 Å². The molecule has 0 aliphatic carbocycles. The number of nitrogens with zero attached hydrogens (tertiary/aromatic N) is 4. The summed E-state index contributed by atoms with van der Waals surface area (Å²) < 4.78 is 11.0. The topological polar surface area (TPSA) is 107 Å². The molecule has 0 saturated heterocycles. The van der Waals surface area contributed by atoms with E-state index in [0.717, 1.165) is 0 Å². The van der Waals surface area contributed by atoms with Gasteiger partial charge in [-0.15, -0.1) is 0 Å². The van der Waals surface area contributed by atoms with E-state index in [4.69, 9.17) is 20.0 Å². The minimum atomic E-state index is -0.628. The normalized spacial score (nSPS) is 15.1. The number of benzene rings is 1. The third kappa shape index (κ3) is 3.25. The molecule has 2 aliphatic rings. The van der Waals surface area contributed by atoms with Crippen LogP contribution in [0, 0.1) is 22.7 Å². The van der Waals surface area contributed by atoms with Gasteiger partial charge in [-0.25, -0.2) is 0 Å². The number of fused-ring (bicyclic) bond motifs is 2. The van der Waals surface area contributed by atoms with E-state index >= 15 is 0 Å². The van der Waals surface area contributed by atoms with Gasteiger partial charge in [-0.1, -0.05) is 0 Å². The Morgan fingerprint density at radius 1 is 1.04 bits per heavy atom. The van der Waals surface area contributed by atoms with Gasteiger partial charge >= 0.3 is 5.91 Å². The van der Waals surface area contributed by atoms with E-state index < -0.39 is 11.7 Å². The third-order valence-corrected chi connectivity index (χ3v) is 4.06. The van der Waals surface area contributed by atoms with E-state index in [0.29, 0.717) is 43.5 Å². The average molecular weight is 340 g/mol. The van der Waals surface area contributed by atoms with Crippen molar-refractivity contribution in [3.63, 3.8) is 0 Å². The molecule has 1 aromatic carbocycles. The van der Waals surface area contributed by atoms with E-state index in [2.05, 4.69) is 0 Å². The van der Waals surface area contributed by atoms with E-state index in [1.807, 2.05) is 17.0 Å². The first-order valence-electron chi connectivity index (χ1n) is 7.91. The minimum Gasteiger partial charge on any atom is -0.486 e. The Bertz CT molecular complexity index is 775. The second kappa shape index (κ2) is 7.20. The van der Waals surface area contributed by atoms with Crippen LogP contribution in [-0.2, 0) is 4.79 Å². The van der Waals surface area contributed by atoms with Crippen molar-refractivity contribution in [2.75, 3.05) is 37.9 Å². The number of carbonyl (C=O) groups is 2. The molecule has 2 heterocycles. The van der Waals surface area contributed by atoms with Gasteiger partial charge in [0.1, 0.15) is 13.2 Å². The summed E-state index contributed by atoms with van der Waals surface area (Å²) in [5.74, 6) is -0.263. The number of ether oxygens (including phenoxy) is 2. The first-order valence-corrected chi connectivity index (χ1v) is 7.91. The van der Waals surface area contributed by atoms with Crippen molar-refractivity contribution >= 4 is 17.4 Å². The fourth-order valence-electron chi connectivity index (χ4n) is 2.84. The number of anilines is 1. The van der Waals surface area contributed by atoms with Crippen LogP contribution >= 0.6 is 0 Å². The number of hydrogen-bond donors (Lipinski definition) is 0. The molecule has 0 spiro atoms. The maximum Gasteiger partial charge on any atom is 0.300 e. The molecule has 3 rings (SSSR count). The summed E-state index contributed by atoms with van der Waals surface area (Å²) in [6.07, 6.45) is 0.546. The van der Waals surface area contributed by atoms with Crippen LogP contribution in [0.5, 0.6) is 11.5 Å². The summed E-state index contributed by atoms with van der Waals surface area (Å²) in [5, 5.41) is 17.6. The molecule has 0 atom stereocenters. The number of ketones is 1. The SMILES string of the molecule is N#CCCN(CCC#N)CN1C(=O)C(=O)c2cc3c(cc21)OCCO3. The third-order valence-electron chi connectivity index (χ3n) is 4.06. The summed E-state index contributed by atoms with van der Waals surface area (Å²) in [6, 6.07) is 7.28. The predicted octanol–water partition coefficient (Wildman–Crippen LogP) is 1.07. The molecule has 0 unspecified atom stereocenters. The zero-order valence-electron chi connectivity index (χ0n) is 13.5. The molecular weight excluding hydrogens is 324 g/mol. The average Bonchev–Trinajstić information content (AvgIpc) is 2.86. The van der Waals surface area contributed by atoms with E-state index in [1.54, 1.807) is 12.1 Å². The van der Waals surface area contributed by atoms with Gasteiger partial charge < -0.3 is 9.47 Å². The smallest absolute Gasteiger partial charge is 0.300 e. The molecule has 0 N–H and O–H groups in total. The van der Waals surface area contributed by atoms with Crippen molar-refractivity contribution in [3.8, 4) is 23.6 Å². The summed E-state index contributed by atoms with van der Waals surface area (Å²) in [5.41, 5.74) is 0.757. The van der Waals surface area contributed by atoms with Crippen LogP contribution in [-0.4, -0.2) is 49.6 Å². The minimum absolute atomic E-state index is 0.139. The van der Waals surface area contributed by atoms with Gasteiger partial charge in [0.15, 0.2) is 11.5 Å². The van der Waals surface area contributed by atoms with Crippen LogP contribution in [0.15, 0.2) is 12.1 Å². The highest BCUT2D eigenvalue weighted by molar-refractivity contribution is 6.52. The van der Waals surface area contributed by atoms with Crippen LogP contribution < -0.4 is 14.4 Å². The molecular formula is C17H16N4O4. The van der Waals surface area contributed by atoms with Gasteiger partial charge in [0, 0.05) is 32.0 Å². The summed E-state index contributed by atoms with van der Waals surface area (Å²) in [4.78, 5) is 27.9. The van der Waals surface area contributed by atoms with Crippen molar-refractivity contribution in [2.24, 2.45) is 0 Å². The quantitative estimate of drug-likeness (QED) is 0.713. The second-order valence-electron chi connectivity index (χ2n) is 5.65. The molecule has 0 bridgehead atoms. The van der Waals surface area contributed by atoms with Crippen LogP contribution in [0.3, 0.4) is 0 Å². The molecule has 25 heavy (non-hydrogen) atoms. The predicted molar refractivity (Wildman–Crippen MR) is 86.1 cm³/mol. The molecule has 0 fully saturated rings. The number of hydrogen-bond acceptors (Lipinski definition) is 7. The molecule has 0 radical (unpaired) electrons. The number of carbonyl (C=O) groups excluding carboxylic acids is 2. The van der Waals surface area contributed by atoms with Crippen LogP contribution in [0.25, 0.3) is 0 Å². The Kier molecular flexibility index (Phi) is 4.82. The van der Waals surface area contributed by atoms with Crippen molar-refractivity contribution in [2.45, 2.75) is 12.8 Å². The standard InChI is InChI=1S/C17H16N4O4/c18-3-1-5-20(6-2-4-19)11-21-13-10-15-14(24-7-8-25-15)9-12(13)16(22)17(21)23/h9-10H,1-2,5-8,11H2. The van der Waals surface area contributed by atoms with E-state index in [-0.39, 0.29) is 25.1 Å². The molecule has 8 nitrogen and oxygen atoms in total. The Balaban J connectivity index is 1.87. The van der Waals surface area contributed by atoms with Crippen molar-refractivity contribution in [1.82, 2.24) is 4.90 Å². The van der Waals surface area contributed by atoms with Crippen LogP contribution in [0.1, 0.15) is 23.2 Å². The van der Waals surface area contributed by atoms with Crippen molar-refractivity contribution < 1.29 is 19.1 Å². The Morgan fingerprint density at radius 3 is 2.24 bits per heavy atom. The summed E-state index contributed by atoms with van der Waals surface area (Å²) >= 11 is 0. The first kappa shape index (κ1) is 16.7. The molecule has 8 heteroatoms. The lowest BCUT2D eigenvalue weighted by Crippen LogP contribution is -2.41. The van der Waals surface area contributed by atoms with Crippen LogP contribution in [0.2, 0.25) is 0 Å². The fourth-order valence-corrected chi connectivity index (χ4v) is 2.84. The molecule has 2 aliphatic heterocycles. The monoisotopic (exact) mass is 340 g/mol. The lowest BCUT2D eigenvalue weighted by Gasteiger charge is -2.27. The number of rotatable bonds is 6. The summed E-state index contributed by atoms with van der Waals surface area (Å²) in [6.45, 7) is 1.77. The Hall–Kier alpha value is -3.10. The molecule has 1 aromatic rings. The lowest BCUT2D eigenvalue weighted by molar-refractivity contribution is -0.114. The van der Waals surface area contributed by atoms with Crippen molar-refractivity contribution in [3.05, 3.63) is 17.7 Å². The van der Waals surface area contributed by atoms with E-state index in [9.17, 15) is 9.59 Å². The van der Waals surface area contributed by atoms with Gasteiger partial charge in [0.2, 0.25) is 0 Å². The van der Waals surface area contributed by atoms with Gasteiger partial charge in [-0.3, -0.25) is 19.4 Å². The zero-order valence-corrected chi connectivity index (χ0v) is 13.5. The van der Waals surface area contributed by atoms with E-state index in [1.165, 1.54) is 4.90 Å². The maximum absolute atomic E-state index is 12.4. The molecule has 1 amide bonds. The Morgan fingerprint density at radius 2 is 1.64 bits per heavy atom. The highest BCUT2D eigenvalue weighted by Gasteiger charge is 2.38. The van der Waals surface area contributed by atoms with Gasteiger partial charge in [0.05, 0.1) is 30.1 Å². The van der Waals surface area contributed by atoms with Crippen molar-refractivity contribution in [1.29, 1.82) is 10.5 Å². The fraction of sp³-hybridized carbons (Fsp3) is 0.412. The molecule has 0 aromatic heterocycles. The Labute approximate surface area is 144 Å². The maximum atomic E-state index is 12.4. The molecule has 0 saturated carbocycles. The molecule has 128 valence electrons. The largest absolute Gasteiger partial charge is 0.486 e. The van der Waals surface area contributed by atoms with Crippen LogP contribution in [0.4, 0.5) is 5.69 Å². The second-order valence-corrected chi connectivity index (χ2v) is 5.65. The summed E-state index contributed by atoms with van der Waals surface area (Å²) in [7, 11) is 0. The zero-order chi connectivity index (χ0) is 17.8. The number of Topliss-reactive ketones (excluding diaryl/α,β-unsaturated/α-hetero) is 1. The number of nitriles is 2. The highest BCUT2D eigenvalue weighted by atomic mass is 16.6. The van der Waals surface area contributed by atoms with Gasteiger partial charge in [0.25, 0.3) is 5.78 Å². The first-order chi connectivity index (χ1) is 12.2.